The minimum absolute atomic E-state index is 0.00176. The van der Waals surface area contributed by atoms with Crippen molar-refractivity contribution in [2.45, 2.75) is 31.2 Å². The number of para-hydroxylation sites is 2. The highest BCUT2D eigenvalue weighted by atomic mass is 32.2. The van der Waals surface area contributed by atoms with Crippen molar-refractivity contribution in [3.05, 3.63) is 72.1 Å². The number of carbonyl (C=O) groups is 1. The van der Waals surface area contributed by atoms with E-state index in [1.54, 1.807) is 18.3 Å². The number of rotatable bonds is 5. The number of hydrogen-bond acceptors (Lipinski definition) is 4. The molecule has 1 amide bonds. The molecule has 1 aliphatic rings. The fraction of sp³-hybridized carbons (Fsp3) is 0.217. The van der Waals surface area contributed by atoms with Crippen molar-refractivity contribution in [1.29, 1.82) is 0 Å². The number of carbonyl (C=O) groups excluding carboxylic acids is 1. The molecule has 4 aromatic rings. The van der Waals surface area contributed by atoms with Gasteiger partial charge in [-0.25, -0.2) is 13.1 Å². The first-order valence-corrected chi connectivity index (χ1v) is 11.4. The molecule has 5 rings (SSSR count). The average Bonchev–Trinajstić information content (AvgIpc) is 3.47. The number of benzene rings is 2. The fourth-order valence-corrected chi connectivity index (χ4v) is 5.02. The van der Waals surface area contributed by atoms with Gasteiger partial charge in [0.1, 0.15) is 10.6 Å². The van der Waals surface area contributed by atoms with Gasteiger partial charge in [0.15, 0.2) is 0 Å². The Morgan fingerprint density at radius 3 is 2.73 bits per heavy atom. The van der Waals surface area contributed by atoms with Gasteiger partial charge in [-0.2, -0.15) is 0 Å². The molecule has 152 valence electrons. The van der Waals surface area contributed by atoms with Crippen LogP contribution in [0, 0.1) is 12.8 Å². The van der Waals surface area contributed by atoms with E-state index in [4.69, 9.17) is 0 Å². The lowest BCUT2D eigenvalue weighted by Gasteiger charge is -2.12. The summed E-state index contributed by atoms with van der Waals surface area (Å²) in [6.45, 7) is 2.61. The molecule has 6 nitrogen and oxygen atoms in total. The first kappa shape index (κ1) is 18.8. The van der Waals surface area contributed by atoms with Crippen molar-refractivity contribution in [1.82, 2.24) is 14.3 Å². The maximum atomic E-state index is 13.1. The first-order valence-electron chi connectivity index (χ1n) is 9.94. The second kappa shape index (κ2) is 6.95. The summed E-state index contributed by atoms with van der Waals surface area (Å²) in [7, 11) is -4.09. The van der Waals surface area contributed by atoms with E-state index in [-0.39, 0.29) is 4.90 Å². The highest BCUT2D eigenvalue weighted by Gasteiger charge is 2.28. The lowest BCUT2D eigenvalue weighted by atomic mass is 10.1. The Morgan fingerprint density at radius 1 is 1.13 bits per heavy atom. The molecular weight excluding hydrogens is 398 g/mol. The van der Waals surface area contributed by atoms with Gasteiger partial charge in [0.05, 0.1) is 5.52 Å². The molecule has 1 aliphatic carbocycles. The summed E-state index contributed by atoms with van der Waals surface area (Å²) in [4.78, 5) is 17.4. The average molecular weight is 420 g/mol. The van der Waals surface area contributed by atoms with Crippen molar-refractivity contribution in [2.24, 2.45) is 5.92 Å². The minimum atomic E-state index is -4.09. The van der Waals surface area contributed by atoms with Gasteiger partial charge in [-0.3, -0.25) is 9.78 Å². The van der Waals surface area contributed by atoms with Crippen LogP contribution in [0.4, 0.5) is 0 Å². The predicted molar refractivity (Wildman–Crippen MR) is 116 cm³/mol. The first-order chi connectivity index (χ1) is 14.4. The Balaban J connectivity index is 1.55. The van der Waals surface area contributed by atoms with Gasteiger partial charge in [-0.15, -0.1) is 0 Å². The van der Waals surface area contributed by atoms with Crippen LogP contribution in [0.15, 0.2) is 65.7 Å². The third-order valence-electron chi connectivity index (χ3n) is 5.65. The van der Waals surface area contributed by atoms with E-state index in [0.717, 1.165) is 34.7 Å². The Hall–Kier alpha value is -3.19. The number of hydrogen-bond donors (Lipinski definition) is 1. The molecule has 0 aliphatic heterocycles. The zero-order valence-electron chi connectivity index (χ0n) is 16.5. The van der Waals surface area contributed by atoms with Crippen LogP contribution in [-0.4, -0.2) is 23.9 Å². The summed E-state index contributed by atoms with van der Waals surface area (Å²) in [5.74, 6) is -0.0919. The van der Waals surface area contributed by atoms with E-state index < -0.39 is 15.9 Å². The van der Waals surface area contributed by atoms with E-state index >= 15 is 0 Å². The van der Waals surface area contributed by atoms with Gasteiger partial charge in [0, 0.05) is 29.0 Å². The second-order valence-corrected chi connectivity index (χ2v) is 9.51. The fourth-order valence-electron chi connectivity index (χ4n) is 3.89. The summed E-state index contributed by atoms with van der Waals surface area (Å²) < 4.78 is 30.4. The monoisotopic (exact) mass is 419 g/mol. The largest absolute Gasteiger partial charge is 0.336 e. The molecule has 0 unspecified atom stereocenters. The van der Waals surface area contributed by atoms with E-state index in [2.05, 4.69) is 9.71 Å². The number of nitrogens with zero attached hydrogens (tertiary/aromatic N) is 2. The maximum Gasteiger partial charge on any atom is 0.281 e. The zero-order chi connectivity index (χ0) is 20.9. The molecule has 1 saturated carbocycles. The van der Waals surface area contributed by atoms with Crippen LogP contribution >= 0.6 is 0 Å². The van der Waals surface area contributed by atoms with Crippen LogP contribution in [0.5, 0.6) is 0 Å². The summed E-state index contributed by atoms with van der Waals surface area (Å²) in [5.41, 5.74) is 2.58. The van der Waals surface area contributed by atoms with Crippen LogP contribution < -0.4 is 4.72 Å². The van der Waals surface area contributed by atoms with Gasteiger partial charge in [-0.1, -0.05) is 30.3 Å². The van der Waals surface area contributed by atoms with Gasteiger partial charge in [0.25, 0.3) is 15.9 Å². The number of sulfonamides is 1. The molecule has 0 spiro atoms. The van der Waals surface area contributed by atoms with Gasteiger partial charge < -0.3 is 4.57 Å². The number of amides is 1. The third kappa shape index (κ3) is 3.25. The molecule has 30 heavy (non-hydrogen) atoms. The molecule has 2 heterocycles. The standard InChI is InChI=1S/C23H21N3O3S/c1-15-11-12-24-22-18(15)6-4-8-21(22)30(28,29)25-23(27)20-13-17-5-2-3-7-19(17)26(20)14-16-9-10-16/h2-8,11-13,16H,9-10,14H2,1H3,(H,25,27). The predicted octanol–water partition coefficient (Wildman–Crippen LogP) is 4.03. The van der Waals surface area contributed by atoms with E-state index in [1.165, 1.54) is 6.07 Å². The molecule has 0 bridgehead atoms. The van der Waals surface area contributed by atoms with Gasteiger partial charge in [0.2, 0.25) is 0 Å². The summed E-state index contributed by atoms with van der Waals surface area (Å²) in [6.07, 6.45) is 3.84. The topological polar surface area (TPSA) is 81.1 Å². The maximum absolute atomic E-state index is 13.1. The van der Waals surface area contributed by atoms with Crippen molar-refractivity contribution in [3.63, 3.8) is 0 Å². The highest BCUT2D eigenvalue weighted by molar-refractivity contribution is 7.90. The van der Waals surface area contributed by atoms with E-state index in [9.17, 15) is 13.2 Å². The molecular formula is C23H21N3O3S. The van der Waals surface area contributed by atoms with Crippen LogP contribution in [0.25, 0.3) is 21.8 Å². The summed E-state index contributed by atoms with van der Waals surface area (Å²) >= 11 is 0. The Morgan fingerprint density at radius 2 is 1.93 bits per heavy atom. The number of aryl methyl sites for hydroxylation is 1. The molecule has 0 radical (unpaired) electrons. The molecule has 0 saturated heterocycles. The SMILES string of the molecule is Cc1ccnc2c(S(=O)(=O)NC(=O)c3cc4ccccc4n3CC3CC3)cccc12. The Kier molecular flexibility index (Phi) is 4.36. The highest BCUT2D eigenvalue weighted by Crippen LogP contribution is 2.33. The van der Waals surface area contributed by atoms with Crippen LogP contribution in [0.1, 0.15) is 28.9 Å². The number of aromatic nitrogens is 2. The lowest BCUT2D eigenvalue weighted by Crippen LogP contribution is -2.32. The molecule has 2 aromatic heterocycles. The second-order valence-electron chi connectivity index (χ2n) is 7.86. The van der Waals surface area contributed by atoms with Crippen molar-refractivity contribution < 1.29 is 13.2 Å². The normalized spacial score (nSPS) is 14.3. The molecule has 7 heteroatoms. The lowest BCUT2D eigenvalue weighted by molar-refractivity contribution is 0.0972. The van der Waals surface area contributed by atoms with E-state index in [1.807, 2.05) is 47.9 Å². The van der Waals surface area contributed by atoms with Crippen molar-refractivity contribution >= 4 is 37.7 Å². The van der Waals surface area contributed by atoms with E-state index in [0.29, 0.717) is 23.7 Å². The summed E-state index contributed by atoms with van der Waals surface area (Å²) in [5, 5.41) is 1.67. The molecule has 0 atom stereocenters. The van der Waals surface area contributed by atoms with Gasteiger partial charge in [-0.05, 0) is 55.5 Å². The smallest absolute Gasteiger partial charge is 0.281 e. The van der Waals surface area contributed by atoms with Crippen LogP contribution in [0.2, 0.25) is 0 Å². The third-order valence-corrected chi connectivity index (χ3v) is 7.01. The van der Waals surface area contributed by atoms with Crippen LogP contribution in [-0.2, 0) is 16.6 Å². The zero-order valence-corrected chi connectivity index (χ0v) is 17.3. The molecule has 2 aromatic carbocycles. The number of nitrogens with one attached hydrogen (secondary N) is 1. The number of fused-ring (bicyclic) bond motifs is 2. The van der Waals surface area contributed by atoms with Gasteiger partial charge >= 0.3 is 0 Å². The van der Waals surface area contributed by atoms with Crippen LogP contribution in [0.3, 0.4) is 0 Å². The van der Waals surface area contributed by atoms with Crippen molar-refractivity contribution in [2.75, 3.05) is 0 Å². The Labute approximate surface area is 174 Å². The summed E-state index contributed by atoms with van der Waals surface area (Å²) in [6, 6.07) is 16.3. The Bertz CT molecular complexity index is 1400. The quantitative estimate of drug-likeness (QED) is 0.530. The minimum Gasteiger partial charge on any atom is -0.336 e. The molecule has 1 N–H and O–H groups in total. The number of pyridine rings is 1. The molecule has 1 fully saturated rings. The van der Waals surface area contributed by atoms with Crippen molar-refractivity contribution in [3.8, 4) is 0 Å².